The van der Waals surface area contributed by atoms with E-state index in [2.05, 4.69) is 6.92 Å². The lowest BCUT2D eigenvalue weighted by molar-refractivity contribution is -0.160. The lowest BCUT2D eigenvalue weighted by atomic mass is 10.0. The van der Waals surface area contributed by atoms with Crippen molar-refractivity contribution < 1.29 is 24.2 Å². The van der Waals surface area contributed by atoms with Gasteiger partial charge >= 0.3 is 17.9 Å². The van der Waals surface area contributed by atoms with E-state index in [4.69, 9.17) is 15.6 Å². The summed E-state index contributed by atoms with van der Waals surface area (Å²) in [5.41, 5.74) is 5.53. The molecule has 0 bridgehead atoms. The van der Waals surface area contributed by atoms with Crippen LogP contribution in [0.2, 0.25) is 0 Å². The number of carbonyl (C=O) groups excluding carboxylic acids is 2. The standard InChI is InChI=1S/C29H55NO5/c1-2-3-4-5-6-7-8-9-10-11-12-13-14-15-16-17-18-19-20-21-22-23-28(33)35-29(34)26(30)24-25-27(31)32/h26H,2-25,30H2,1H3,(H,31,32). The molecule has 0 fully saturated rings. The fourth-order valence-electron chi connectivity index (χ4n) is 4.34. The van der Waals surface area contributed by atoms with E-state index in [9.17, 15) is 14.4 Å². The van der Waals surface area contributed by atoms with Crippen molar-refractivity contribution in [2.45, 2.75) is 167 Å². The lowest BCUT2D eigenvalue weighted by Gasteiger charge is -2.09. The summed E-state index contributed by atoms with van der Waals surface area (Å²) >= 11 is 0. The summed E-state index contributed by atoms with van der Waals surface area (Å²) in [7, 11) is 0. The van der Waals surface area contributed by atoms with Gasteiger partial charge in [0, 0.05) is 12.8 Å². The smallest absolute Gasteiger partial charge is 0.330 e. The molecule has 0 aliphatic heterocycles. The Balaban J connectivity index is 3.28. The van der Waals surface area contributed by atoms with Gasteiger partial charge in [0.1, 0.15) is 6.04 Å². The van der Waals surface area contributed by atoms with Crippen molar-refractivity contribution in [1.29, 1.82) is 0 Å². The Labute approximate surface area is 215 Å². The summed E-state index contributed by atoms with van der Waals surface area (Å²) in [4.78, 5) is 33.8. The van der Waals surface area contributed by atoms with Gasteiger partial charge in [0.2, 0.25) is 0 Å². The van der Waals surface area contributed by atoms with Gasteiger partial charge in [-0.2, -0.15) is 0 Å². The van der Waals surface area contributed by atoms with E-state index in [1.165, 1.54) is 116 Å². The van der Waals surface area contributed by atoms with Gasteiger partial charge in [-0.1, -0.05) is 135 Å². The fourth-order valence-corrected chi connectivity index (χ4v) is 4.34. The normalized spacial score (nSPS) is 11.9. The molecule has 0 saturated carbocycles. The van der Waals surface area contributed by atoms with Gasteiger partial charge in [0.15, 0.2) is 0 Å². The summed E-state index contributed by atoms with van der Waals surface area (Å²) in [6, 6.07) is -1.06. The Hall–Kier alpha value is -1.43. The first kappa shape index (κ1) is 33.6. The van der Waals surface area contributed by atoms with Crippen LogP contribution in [0.5, 0.6) is 0 Å². The number of hydrogen-bond donors (Lipinski definition) is 2. The lowest BCUT2D eigenvalue weighted by Crippen LogP contribution is -2.34. The summed E-state index contributed by atoms with van der Waals surface area (Å²) in [5, 5.41) is 8.59. The largest absolute Gasteiger partial charge is 0.481 e. The van der Waals surface area contributed by atoms with Crippen LogP contribution in [0.3, 0.4) is 0 Å². The molecule has 3 N–H and O–H groups in total. The first-order chi connectivity index (χ1) is 17.0. The number of aliphatic carboxylic acids is 1. The third-order valence-corrected chi connectivity index (χ3v) is 6.67. The van der Waals surface area contributed by atoms with Crippen molar-refractivity contribution >= 4 is 17.9 Å². The van der Waals surface area contributed by atoms with E-state index >= 15 is 0 Å². The molecule has 1 atom stereocenters. The molecule has 0 saturated heterocycles. The predicted octanol–water partition coefficient (Wildman–Crippen LogP) is 7.85. The van der Waals surface area contributed by atoms with Crippen LogP contribution in [0.25, 0.3) is 0 Å². The number of carbonyl (C=O) groups is 3. The summed E-state index contributed by atoms with van der Waals surface area (Å²) < 4.78 is 4.69. The van der Waals surface area contributed by atoms with Gasteiger partial charge in [0.25, 0.3) is 0 Å². The average molecular weight is 498 g/mol. The number of rotatable bonds is 26. The highest BCUT2D eigenvalue weighted by atomic mass is 16.6. The third kappa shape index (κ3) is 25.5. The second-order valence-corrected chi connectivity index (χ2v) is 10.2. The highest BCUT2D eigenvalue weighted by molar-refractivity contribution is 5.88. The fraction of sp³-hybridized carbons (Fsp3) is 0.897. The molecular weight excluding hydrogens is 442 g/mol. The van der Waals surface area contributed by atoms with Crippen molar-refractivity contribution in [3.8, 4) is 0 Å². The molecule has 0 aromatic rings. The van der Waals surface area contributed by atoms with E-state index in [0.717, 1.165) is 12.8 Å². The molecule has 0 aliphatic carbocycles. The van der Waals surface area contributed by atoms with Crippen molar-refractivity contribution in [2.24, 2.45) is 5.73 Å². The molecule has 0 spiro atoms. The van der Waals surface area contributed by atoms with Crippen LogP contribution in [-0.2, 0) is 19.1 Å². The van der Waals surface area contributed by atoms with E-state index < -0.39 is 23.9 Å². The van der Waals surface area contributed by atoms with Gasteiger partial charge in [0.05, 0.1) is 0 Å². The monoisotopic (exact) mass is 497 g/mol. The van der Waals surface area contributed by atoms with Crippen molar-refractivity contribution in [3.63, 3.8) is 0 Å². The number of nitrogens with two attached hydrogens (primary N) is 1. The third-order valence-electron chi connectivity index (χ3n) is 6.67. The summed E-state index contributed by atoms with van der Waals surface area (Å²) in [6.07, 6.45) is 27.5. The average Bonchev–Trinajstić information content (AvgIpc) is 2.83. The topological polar surface area (TPSA) is 107 Å². The van der Waals surface area contributed by atoms with Crippen LogP contribution in [-0.4, -0.2) is 29.1 Å². The molecule has 35 heavy (non-hydrogen) atoms. The zero-order valence-electron chi connectivity index (χ0n) is 22.7. The number of unbranched alkanes of at least 4 members (excludes halogenated alkanes) is 20. The van der Waals surface area contributed by atoms with E-state index in [1.807, 2.05) is 0 Å². The first-order valence-corrected chi connectivity index (χ1v) is 14.7. The number of carboxylic acid groups (broad SMARTS) is 1. The molecule has 0 aromatic carbocycles. The SMILES string of the molecule is CCCCCCCCCCCCCCCCCCCCCCCC(=O)OC(=O)C(N)CCC(=O)O. The van der Waals surface area contributed by atoms with Crippen LogP contribution >= 0.6 is 0 Å². The van der Waals surface area contributed by atoms with Gasteiger partial charge in [-0.05, 0) is 12.8 Å². The van der Waals surface area contributed by atoms with Crippen LogP contribution in [0.1, 0.15) is 161 Å². The van der Waals surface area contributed by atoms with E-state index in [0.29, 0.717) is 6.42 Å². The molecule has 0 radical (unpaired) electrons. The van der Waals surface area contributed by atoms with Crippen molar-refractivity contribution in [3.05, 3.63) is 0 Å². The Morgan fingerprint density at radius 1 is 0.600 bits per heavy atom. The number of hydrogen-bond acceptors (Lipinski definition) is 5. The van der Waals surface area contributed by atoms with Crippen LogP contribution in [0.15, 0.2) is 0 Å². The molecule has 0 aromatic heterocycles. The molecule has 0 heterocycles. The Bertz CT molecular complexity index is 523. The molecule has 6 heteroatoms. The van der Waals surface area contributed by atoms with Crippen molar-refractivity contribution in [2.75, 3.05) is 0 Å². The Kier molecular flexibility index (Phi) is 24.6. The van der Waals surface area contributed by atoms with E-state index in [1.54, 1.807) is 0 Å². The number of carboxylic acids is 1. The molecule has 0 aliphatic rings. The maximum Gasteiger partial charge on any atom is 0.330 e. The van der Waals surface area contributed by atoms with Gasteiger partial charge in [-0.15, -0.1) is 0 Å². The second-order valence-electron chi connectivity index (χ2n) is 10.2. The van der Waals surface area contributed by atoms with Gasteiger partial charge in [-0.25, -0.2) is 4.79 Å². The molecule has 0 amide bonds. The quantitative estimate of drug-likeness (QED) is 0.0715. The second kappa shape index (κ2) is 25.7. The van der Waals surface area contributed by atoms with Crippen LogP contribution < -0.4 is 5.73 Å². The van der Waals surface area contributed by atoms with Gasteiger partial charge < -0.3 is 15.6 Å². The number of esters is 2. The van der Waals surface area contributed by atoms with Gasteiger partial charge in [-0.3, -0.25) is 9.59 Å². The van der Waals surface area contributed by atoms with E-state index in [-0.39, 0.29) is 19.3 Å². The van der Waals surface area contributed by atoms with Crippen LogP contribution in [0, 0.1) is 0 Å². The molecule has 1 unspecified atom stereocenters. The zero-order valence-corrected chi connectivity index (χ0v) is 22.7. The highest BCUT2D eigenvalue weighted by Crippen LogP contribution is 2.15. The number of ether oxygens (including phenoxy) is 1. The van der Waals surface area contributed by atoms with Crippen LogP contribution in [0.4, 0.5) is 0 Å². The minimum atomic E-state index is -1.06. The Morgan fingerprint density at radius 3 is 1.29 bits per heavy atom. The minimum absolute atomic E-state index is 0.0270. The maximum atomic E-state index is 11.7. The zero-order chi connectivity index (χ0) is 26.0. The Morgan fingerprint density at radius 2 is 0.943 bits per heavy atom. The van der Waals surface area contributed by atoms with Crippen molar-refractivity contribution in [1.82, 2.24) is 0 Å². The minimum Gasteiger partial charge on any atom is -0.481 e. The molecule has 206 valence electrons. The summed E-state index contributed by atoms with van der Waals surface area (Å²) in [5.74, 6) is -2.43. The highest BCUT2D eigenvalue weighted by Gasteiger charge is 2.19. The molecule has 6 nitrogen and oxygen atoms in total. The molecule has 0 rings (SSSR count). The maximum absolute atomic E-state index is 11.7. The molecular formula is C29H55NO5. The first-order valence-electron chi connectivity index (χ1n) is 14.7. The summed E-state index contributed by atoms with van der Waals surface area (Å²) in [6.45, 7) is 2.28. The predicted molar refractivity (Wildman–Crippen MR) is 143 cm³/mol.